The van der Waals surface area contributed by atoms with Crippen LogP contribution in [0.2, 0.25) is 0 Å². The van der Waals surface area contributed by atoms with E-state index in [1.807, 2.05) is 0 Å². The first-order valence-corrected chi connectivity index (χ1v) is 8.95. The fourth-order valence-electron chi connectivity index (χ4n) is 3.56. The van der Waals surface area contributed by atoms with Crippen molar-refractivity contribution < 1.29 is 9.90 Å². The second kappa shape index (κ2) is 8.68. The molecule has 1 heterocycles. The highest BCUT2D eigenvalue weighted by molar-refractivity contribution is 5.78. The van der Waals surface area contributed by atoms with Gasteiger partial charge in [0.25, 0.3) is 0 Å². The van der Waals surface area contributed by atoms with Gasteiger partial charge in [-0.05, 0) is 69.9 Å². The summed E-state index contributed by atoms with van der Waals surface area (Å²) in [4.78, 5) is 14.3. The predicted molar refractivity (Wildman–Crippen MR) is 89.7 cm³/mol. The van der Waals surface area contributed by atoms with E-state index in [4.69, 9.17) is 0 Å². The molecule has 0 aromatic heterocycles. The molecule has 0 aromatic carbocycles. The van der Waals surface area contributed by atoms with E-state index in [2.05, 4.69) is 23.2 Å². The molecule has 0 aromatic rings. The monoisotopic (exact) mass is 308 g/mol. The molecule has 22 heavy (non-hydrogen) atoms. The maximum Gasteiger partial charge on any atom is 0.234 e. The van der Waals surface area contributed by atoms with E-state index in [0.29, 0.717) is 6.54 Å². The molecule has 1 amide bonds. The lowest BCUT2D eigenvalue weighted by Crippen LogP contribution is -2.45. The molecule has 1 fully saturated rings. The van der Waals surface area contributed by atoms with Crippen molar-refractivity contribution in [1.29, 1.82) is 0 Å². The van der Waals surface area contributed by atoms with Crippen LogP contribution in [0.15, 0.2) is 11.6 Å². The third-order valence-electron chi connectivity index (χ3n) is 5.52. The molecule has 2 rings (SSSR count). The number of aliphatic hydroxyl groups is 1. The molecule has 2 N–H and O–H groups in total. The zero-order valence-corrected chi connectivity index (χ0v) is 14.1. The molecular formula is C18H32N2O2. The number of piperidine rings is 1. The first kappa shape index (κ1) is 17.5. The molecule has 0 saturated carbocycles. The van der Waals surface area contributed by atoms with Gasteiger partial charge < -0.3 is 10.4 Å². The summed E-state index contributed by atoms with van der Waals surface area (Å²) in [5.41, 5.74) is 1.61. The standard InChI is InChI=1S/C18H32N2O2/c1-2-18(15-21)9-12-20(13-10-18)14-17(22)19-11-8-16-6-4-3-5-7-16/h6,21H,2-5,7-15H2,1H3,(H,19,22). The number of allylic oxidation sites excluding steroid dienone is 1. The van der Waals surface area contributed by atoms with Gasteiger partial charge in [0, 0.05) is 13.2 Å². The number of carbonyl (C=O) groups is 1. The SMILES string of the molecule is CCC1(CO)CCN(CC(=O)NCCC2=CCCCC2)CC1. The Bertz CT molecular complexity index is 379. The van der Waals surface area contributed by atoms with Gasteiger partial charge in [0.15, 0.2) is 0 Å². The van der Waals surface area contributed by atoms with Crippen molar-refractivity contribution in [3.05, 3.63) is 11.6 Å². The van der Waals surface area contributed by atoms with Gasteiger partial charge >= 0.3 is 0 Å². The first-order valence-electron chi connectivity index (χ1n) is 8.95. The quantitative estimate of drug-likeness (QED) is 0.711. The van der Waals surface area contributed by atoms with E-state index in [0.717, 1.165) is 45.3 Å². The van der Waals surface area contributed by atoms with E-state index in [1.54, 1.807) is 0 Å². The Balaban J connectivity index is 1.62. The number of nitrogens with zero attached hydrogens (tertiary/aromatic N) is 1. The Labute approximate surface area is 135 Å². The summed E-state index contributed by atoms with van der Waals surface area (Å²) >= 11 is 0. The van der Waals surface area contributed by atoms with Crippen LogP contribution in [-0.4, -0.2) is 48.7 Å². The van der Waals surface area contributed by atoms with Crippen molar-refractivity contribution in [2.75, 3.05) is 32.8 Å². The van der Waals surface area contributed by atoms with Crippen LogP contribution in [0, 0.1) is 5.41 Å². The lowest BCUT2D eigenvalue weighted by atomic mass is 9.77. The normalized spacial score (nSPS) is 22.2. The van der Waals surface area contributed by atoms with E-state index >= 15 is 0 Å². The molecule has 0 atom stereocenters. The summed E-state index contributed by atoms with van der Waals surface area (Å²) < 4.78 is 0. The van der Waals surface area contributed by atoms with Crippen molar-refractivity contribution in [2.24, 2.45) is 5.41 Å². The van der Waals surface area contributed by atoms with Crippen LogP contribution in [0.4, 0.5) is 0 Å². The summed E-state index contributed by atoms with van der Waals surface area (Å²) in [7, 11) is 0. The van der Waals surface area contributed by atoms with Crippen molar-refractivity contribution in [3.8, 4) is 0 Å². The molecular weight excluding hydrogens is 276 g/mol. The number of nitrogens with one attached hydrogen (secondary N) is 1. The van der Waals surface area contributed by atoms with Crippen LogP contribution < -0.4 is 5.32 Å². The van der Waals surface area contributed by atoms with E-state index in [9.17, 15) is 9.90 Å². The van der Waals surface area contributed by atoms with Crippen LogP contribution in [0.25, 0.3) is 0 Å². The number of hydrogen-bond donors (Lipinski definition) is 2. The van der Waals surface area contributed by atoms with Gasteiger partial charge in [0.2, 0.25) is 5.91 Å². The first-order chi connectivity index (χ1) is 10.7. The van der Waals surface area contributed by atoms with Gasteiger partial charge in [0.1, 0.15) is 0 Å². The highest BCUT2D eigenvalue weighted by Gasteiger charge is 2.32. The number of carbonyl (C=O) groups excluding carboxylic acids is 1. The van der Waals surface area contributed by atoms with Crippen LogP contribution >= 0.6 is 0 Å². The number of likely N-dealkylation sites (tertiary alicyclic amines) is 1. The van der Waals surface area contributed by atoms with Crippen LogP contribution in [0.1, 0.15) is 58.3 Å². The predicted octanol–water partition coefficient (Wildman–Crippen LogP) is 2.48. The minimum absolute atomic E-state index is 0.0977. The summed E-state index contributed by atoms with van der Waals surface area (Å²) in [6.07, 6.45) is 11.4. The van der Waals surface area contributed by atoms with Crippen molar-refractivity contribution in [3.63, 3.8) is 0 Å². The van der Waals surface area contributed by atoms with E-state index in [1.165, 1.54) is 31.3 Å². The Morgan fingerprint density at radius 3 is 2.73 bits per heavy atom. The molecule has 4 heteroatoms. The number of amides is 1. The largest absolute Gasteiger partial charge is 0.396 e. The highest BCUT2D eigenvalue weighted by Crippen LogP contribution is 2.33. The summed E-state index contributed by atoms with van der Waals surface area (Å²) in [5.74, 6) is 0.143. The van der Waals surface area contributed by atoms with Gasteiger partial charge in [0.05, 0.1) is 6.54 Å². The molecule has 0 bridgehead atoms. The van der Waals surface area contributed by atoms with Gasteiger partial charge in [-0.2, -0.15) is 0 Å². The average Bonchev–Trinajstić information content (AvgIpc) is 2.57. The van der Waals surface area contributed by atoms with Crippen molar-refractivity contribution >= 4 is 5.91 Å². The smallest absolute Gasteiger partial charge is 0.234 e. The van der Waals surface area contributed by atoms with Crippen LogP contribution in [0.3, 0.4) is 0 Å². The fourth-order valence-corrected chi connectivity index (χ4v) is 3.56. The molecule has 4 nitrogen and oxygen atoms in total. The second-order valence-corrected chi connectivity index (χ2v) is 7.00. The number of hydrogen-bond acceptors (Lipinski definition) is 3. The molecule has 0 unspecified atom stereocenters. The lowest BCUT2D eigenvalue weighted by Gasteiger charge is -2.39. The third kappa shape index (κ3) is 5.10. The zero-order valence-electron chi connectivity index (χ0n) is 14.1. The molecule has 126 valence electrons. The Morgan fingerprint density at radius 2 is 2.14 bits per heavy atom. The Morgan fingerprint density at radius 1 is 1.36 bits per heavy atom. The Hall–Kier alpha value is -0.870. The van der Waals surface area contributed by atoms with E-state index in [-0.39, 0.29) is 17.9 Å². The van der Waals surface area contributed by atoms with E-state index < -0.39 is 0 Å². The topological polar surface area (TPSA) is 52.6 Å². The molecule has 1 aliphatic heterocycles. The molecule has 1 aliphatic carbocycles. The Kier molecular flexibility index (Phi) is 6.90. The zero-order chi connectivity index (χ0) is 15.8. The minimum atomic E-state index is 0.0977. The molecule has 1 saturated heterocycles. The highest BCUT2D eigenvalue weighted by atomic mass is 16.3. The average molecular weight is 308 g/mol. The van der Waals surface area contributed by atoms with Gasteiger partial charge in [-0.25, -0.2) is 0 Å². The molecule has 2 aliphatic rings. The number of rotatable bonds is 7. The van der Waals surface area contributed by atoms with Crippen LogP contribution in [-0.2, 0) is 4.79 Å². The summed E-state index contributed by atoms with van der Waals surface area (Å²) in [6.45, 7) is 5.55. The van der Waals surface area contributed by atoms with Gasteiger partial charge in [-0.3, -0.25) is 9.69 Å². The van der Waals surface area contributed by atoms with Crippen molar-refractivity contribution in [2.45, 2.75) is 58.3 Å². The second-order valence-electron chi connectivity index (χ2n) is 7.00. The maximum atomic E-state index is 12.0. The summed E-state index contributed by atoms with van der Waals surface area (Å²) in [6, 6.07) is 0. The summed E-state index contributed by atoms with van der Waals surface area (Å²) in [5, 5.41) is 12.6. The lowest BCUT2D eigenvalue weighted by molar-refractivity contribution is -0.122. The number of aliphatic hydroxyl groups excluding tert-OH is 1. The van der Waals surface area contributed by atoms with Gasteiger partial charge in [-0.1, -0.05) is 18.6 Å². The van der Waals surface area contributed by atoms with Gasteiger partial charge in [-0.15, -0.1) is 0 Å². The fraction of sp³-hybridized carbons (Fsp3) is 0.833. The van der Waals surface area contributed by atoms with Crippen molar-refractivity contribution in [1.82, 2.24) is 10.2 Å². The molecule has 0 spiro atoms. The minimum Gasteiger partial charge on any atom is -0.396 e. The van der Waals surface area contributed by atoms with Crippen LogP contribution in [0.5, 0.6) is 0 Å². The maximum absolute atomic E-state index is 12.0. The molecule has 0 radical (unpaired) electrons. The third-order valence-corrected chi connectivity index (χ3v) is 5.52.